The molecule has 0 bridgehead atoms. The van der Waals surface area contributed by atoms with Crippen LogP contribution in [-0.4, -0.2) is 45.6 Å². The molecule has 5 atom stereocenters. The van der Waals surface area contributed by atoms with Crippen LogP contribution in [0.3, 0.4) is 0 Å². The highest BCUT2D eigenvalue weighted by molar-refractivity contribution is 5.45. The third-order valence-electron chi connectivity index (χ3n) is 5.00. The molecular weight excluding hydrogens is 344 g/mol. The molecule has 26 heavy (non-hydrogen) atoms. The molecule has 6 nitrogen and oxygen atoms in total. The third-order valence-corrected chi connectivity index (χ3v) is 5.00. The molecule has 5 N–H and O–H groups in total. The summed E-state index contributed by atoms with van der Waals surface area (Å²) in [7, 11) is 1.70. The van der Waals surface area contributed by atoms with E-state index in [9.17, 15) is 24.1 Å². The average Bonchev–Trinajstić information content (AvgIpc) is 2.91. The van der Waals surface area contributed by atoms with Crippen molar-refractivity contribution < 1.29 is 24.1 Å². The fourth-order valence-corrected chi connectivity index (χ4v) is 3.49. The summed E-state index contributed by atoms with van der Waals surface area (Å²) in [5.74, 6) is -2.00. The van der Waals surface area contributed by atoms with Crippen LogP contribution in [0.4, 0.5) is 20.4 Å². The molecule has 0 amide bonds. The third kappa shape index (κ3) is 3.35. The number of aromatic nitrogens is 1. The van der Waals surface area contributed by atoms with E-state index in [1.54, 1.807) is 30.1 Å². The van der Waals surface area contributed by atoms with Crippen LogP contribution < -0.4 is 10.6 Å². The molecule has 2 aromatic rings. The van der Waals surface area contributed by atoms with Crippen molar-refractivity contribution in [3.8, 4) is 0 Å². The Bertz CT molecular complexity index is 792. The number of hydrogen-bond donors (Lipinski definition) is 4. The Morgan fingerprint density at radius 3 is 2.54 bits per heavy atom. The predicted molar refractivity (Wildman–Crippen MR) is 92.3 cm³/mol. The molecule has 1 aromatic heterocycles. The molecule has 0 saturated heterocycles. The number of aliphatic hydroxyl groups excluding tert-OH is 3. The van der Waals surface area contributed by atoms with Gasteiger partial charge in [0.05, 0.1) is 18.2 Å². The van der Waals surface area contributed by atoms with E-state index in [0.717, 1.165) is 12.1 Å². The van der Waals surface area contributed by atoms with Gasteiger partial charge in [0.25, 0.3) is 0 Å². The molecule has 3 rings (SSSR count). The molecule has 1 aliphatic carbocycles. The van der Waals surface area contributed by atoms with Crippen LogP contribution >= 0.6 is 0 Å². The lowest BCUT2D eigenvalue weighted by Crippen LogP contribution is -2.41. The van der Waals surface area contributed by atoms with Crippen LogP contribution in [0.2, 0.25) is 0 Å². The van der Waals surface area contributed by atoms with Gasteiger partial charge in [-0.25, -0.2) is 13.8 Å². The van der Waals surface area contributed by atoms with Gasteiger partial charge in [0.2, 0.25) is 0 Å². The van der Waals surface area contributed by atoms with Crippen molar-refractivity contribution in [2.24, 2.45) is 5.92 Å². The Labute approximate surface area is 149 Å². The Hall–Kier alpha value is -2.29. The molecule has 1 aromatic carbocycles. The predicted octanol–water partition coefficient (Wildman–Crippen LogP) is 1.22. The summed E-state index contributed by atoms with van der Waals surface area (Å²) in [5, 5.41) is 31.3. The fraction of sp³-hybridized carbons (Fsp3) is 0.389. The number of halogens is 2. The van der Waals surface area contributed by atoms with Gasteiger partial charge in [0.1, 0.15) is 17.7 Å². The lowest BCUT2D eigenvalue weighted by molar-refractivity contribution is -0.0232. The number of anilines is 2. The number of likely N-dealkylation sites (N-methyl/N-ethyl adjacent to an activating group) is 1. The molecular formula is C18H21F2N3O3. The van der Waals surface area contributed by atoms with E-state index in [1.165, 1.54) is 6.07 Å². The molecule has 1 saturated carbocycles. The zero-order valence-electron chi connectivity index (χ0n) is 14.1. The van der Waals surface area contributed by atoms with Gasteiger partial charge in [-0.15, -0.1) is 0 Å². The first-order valence-corrected chi connectivity index (χ1v) is 8.24. The molecule has 140 valence electrons. The first kappa shape index (κ1) is 18.5. The van der Waals surface area contributed by atoms with Crippen molar-refractivity contribution in [3.63, 3.8) is 0 Å². The minimum Gasteiger partial charge on any atom is -0.390 e. The fourth-order valence-electron chi connectivity index (χ4n) is 3.49. The standard InChI is InChI=1S/C18H21F2N3O3/c1-23(15-4-2-3-14(21)22-15)13-8-10(17(25)18(13)26)16(24)9-5-6-11(19)12(20)7-9/h2-7,10,13,16-18,24-26H,8H2,1H3,(H2,21,22)/t10-,13-,16-,17-,18+/m1/s1. The SMILES string of the molecule is CN(c1cccc(N)n1)[C@@H]1C[C@H]([C@H](O)c2ccc(F)c(F)c2)[C@@H](O)[C@H]1O. The summed E-state index contributed by atoms with van der Waals surface area (Å²) in [4.78, 5) is 5.87. The second kappa shape index (κ2) is 7.14. The number of nitrogens with zero attached hydrogens (tertiary/aromatic N) is 2. The summed E-state index contributed by atoms with van der Waals surface area (Å²) in [6.07, 6.45) is -3.39. The quantitative estimate of drug-likeness (QED) is 0.650. The van der Waals surface area contributed by atoms with E-state index >= 15 is 0 Å². The molecule has 8 heteroatoms. The Morgan fingerprint density at radius 2 is 1.88 bits per heavy atom. The topological polar surface area (TPSA) is 103 Å². The van der Waals surface area contributed by atoms with E-state index in [4.69, 9.17) is 5.73 Å². The molecule has 0 unspecified atom stereocenters. The number of hydrogen-bond acceptors (Lipinski definition) is 6. The maximum absolute atomic E-state index is 13.4. The number of nitrogens with two attached hydrogens (primary N) is 1. The highest BCUT2D eigenvalue weighted by atomic mass is 19.2. The number of nitrogen functional groups attached to an aromatic ring is 1. The Balaban J connectivity index is 1.81. The zero-order valence-corrected chi connectivity index (χ0v) is 14.1. The highest BCUT2D eigenvalue weighted by Gasteiger charge is 2.46. The van der Waals surface area contributed by atoms with Crippen LogP contribution in [0, 0.1) is 17.6 Å². The maximum atomic E-state index is 13.4. The van der Waals surface area contributed by atoms with Crippen LogP contribution in [0.15, 0.2) is 36.4 Å². The molecule has 1 heterocycles. The lowest BCUT2D eigenvalue weighted by Gasteiger charge is -2.28. The first-order valence-electron chi connectivity index (χ1n) is 8.24. The van der Waals surface area contributed by atoms with Gasteiger partial charge in [-0.05, 0) is 36.2 Å². The van der Waals surface area contributed by atoms with Crippen molar-refractivity contribution in [3.05, 3.63) is 53.6 Å². The van der Waals surface area contributed by atoms with Crippen molar-refractivity contribution in [1.82, 2.24) is 4.98 Å². The molecule has 0 aliphatic heterocycles. The van der Waals surface area contributed by atoms with Crippen molar-refractivity contribution in [2.75, 3.05) is 17.7 Å². The summed E-state index contributed by atoms with van der Waals surface area (Å²) < 4.78 is 26.5. The van der Waals surface area contributed by atoms with E-state index in [-0.39, 0.29) is 12.0 Å². The monoisotopic (exact) mass is 365 g/mol. The molecule has 0 spiro atoms. The Kier molecular flexibility index (Phi) is 5.08. The van der Waals surface area contributed by atoms with Gasteiger partial charge in [-0.3, -0.25) is 0 Å². The van der Waals surface area contributed by atoms with Gasteiger partial charge < -0.3 is 26.0 Å². The van der Waals surface area contributed by atoms with Gasteiger partial charge in [0, 0.05) is 13.0 Å². The number of benzene rings is 1. The summed E-state index contributed by atoms with van der Waals surface area (Å²) in [5.41, 5.74) is 5.82. The van der Waals surface area contributed by atoms with Gasteiger partial charge in [0.15, 0.2) is 11.6 Å². The maximum Gasteiger partial charge on any atom is 0.159 e. The second-order valence-electron chi connectivity index (χ2n) is 6.60. The summed E-state index contributed by atoms with van der Waals surface area (Å²) in [6, 6.07) is 7.63. The van der Waals surface area contributed by atoms with Crippen LogP contribution in [-0.2, 0) is 0 Å². The molecule has 0 radical (unpaired) electrons. The number of aliphatic hydroxyl groups is 3. The van der Waals surface area contributed by atoms with Crippen LogP contribution in [0.25, 0.3) is 0 Å². The smallest absolute Gasteiger partial charge is 0.159 e. The van der Waals surface area contributed by atoms with Crippen molar-refractivity contribution in [1.29, 1.82) is 0 Å². The van der Waals surface area contributed by atoms with Crippen LogP contribution in [0.1, 0.15) is 18.1 Å². The van der Waals surface area contributed by atoms with Gasteiger partial charge in [-0.2, -0.15) is 0 Å². The van der Waals surface area contributed by atoms with Gasteiger partial charge in [-0.1, -0.05) is 12.1 Å². The minimum atomic E-state index is -1.25. The number of pyridine rings is 1. The summed E-state index contributed by atoms with van der Waals surface area (Å²) in [6.45, 7) is 0. The second-order valence-corrected chi connectivity index (χ2v) is 6.60. The largest absolute Gasteiger partial charge is 0.390 e. The molecule has 1 fully saturated rings. The van der Waals surface area contributed by atoms with Crippen LogP contribution in [0.5, 0.6) is 0 Å². The number of rotatable bonds is 4. The Morgan fingerprint density at radius 1 is 1.15 bits per heavy atom. The minimum absolute atomic E-state index is 0.144. The highest BCUT2D eigenvalue weighted by Crippen LogP contribution is 2.39. The van der Waals surface area contributed by atoms with E-state index in [0.29, 0.717) is 11.6 Å². The van der Waals surface area contributed by atoms with Crippen molar-refractivity contribution in [2.45, 2.75) is 30.8 Å². The lowest BCUT2D eigenvalue weighted by atomic mass is 9.92. The average molecular weight is 365 g/mol. The first-order chi connectivity index (χ1) is 12.3. The molecule has 1 aliphatic rings. The van der Waals surface area contributed by atoms with E-state index in [1.807, 2.05) is 0 Å². The van der Waals surface area contributed by atoms with Gasteiger partial charge >= 0.3 is 0 Å². The zero-order chi connectivity index (χ0) is 19.0. The normalized spacial score (nSPS) is 26.7. The summed E-state index contributed by atoms with van der Waals surface area (Å²) >= 11 is 0. The van der Waals surface area contributed by atoms with E-state index in [2.05, 4.69) is 4.98 Å². The van der Waals surface area contributed by atoms with Crippen molar-refractivity contribution >= 4 is 11.6 Å². The van der Waals surface area contributed by atoms with E-state index < -0.39 is 41.9 Å².